The molecule has 164 valence electrons. The van der Waals surface area contributed by atoms with Crippen LogP contribution in [-0.2, 0) is 18.9 Å². The number of nitrogens with zero attached hydrogens (tertiary/aromatic N) is 2. The minimum absolute atomic E-state index is 0.311. The van der Waals surface area contributed by atoms with Crippen LogP contribution in [0, 0.1) is 5.92 Å². The Bertz CT molecular complexity index is 697. The van der Waals surface area contributed by atoms with E-state index in [9.17, 15) is 4.57 Å². The van der Waals surface area contributed by atoms with Crippen molar-refractivity contribution in [2.75, 3.05) is 19.8 Å². The van der Waals surface area contributed by atoms with Crippen molar-refractivity contribution in [1.29, 1.82) is 0 Å². The summed E-state index contributed by atoms with van der Waals surface area (Å²) in [6.45, 7) is 13.9. The lowest BCUT2D eigenvalue weighted by Crippen LogP contribution is -2.54. The van der Waals surface area contributed by atoms with Gasteiger partial charge in [0.1, 0.15) is 0 Å². The Labute approximate surface area is 177 Å². The molecule has 0 N–H and O–H groups in total. The van der Waals surface area contributed by atoms with Crippen molar-refractivity contribution < 1.29 is 13.6 Å². The van der Waals surface area contributed by atoms with Crippen molar-refractivity contribution in [3.8, 4) is 0 Å². The van der Waals surface area contributed by atoms with E-state index >= 15 is 0 Å². The zero-order valence-electron chi connectivity index (χ0n) is 19.1. The number of rotatable bonds is 12. The molecular weight excluding hydrogens is 383 g/mol. The third-order valence-electron chi connectivity index (χ3n) is 6.12. The van der Waals surface area contributed by atoms with Crippen molar-refractivity contribution in [2.24, 2.45) is 10.9 Å². The van der Waals surface area contributed by atoms with Gasteiger partial charge in [-0.3, -0.25) is 4.57 Å². The van der Waals surface area contributed by atoms with Gasteiger partial charge in [-0.05, 0) is 45.6 Å². The Kier molecular flexibility index (Phi) is 8.51. The van der Waals surface area contributed by atoms with Crippen molar-refractivity contribution in [3.63, 3.8) is 0 Å². The van der Waals surface area contributed by atoms with E-state index < -0.39 is 18.4 Å². The molecule has 0 saturated carbocycles. The highest BCUT2D eigenvalue weighted by molar-refractivity contribution is 7.55. The maximum atomic E-state index is 14.2. The molecule has 1 aliphatic rings. The molecule has 6 heteroatoms. The Morgan fingerprint density at radius 2 is 1.69 bits per heavy atom. The summed E-state index contributed by atoms with van der Waals surface area (Å²) in [5.74, 6) is 0.575. The fourth-order valence-corrected chi connectivity index (χ4v) is 6.94. The molecule has 0 spiro atoms. The van der Waals surface area contributed by atoms with Gasteiger partial charge in [-0.1, -0.05) is 63.4 Å². The van der Waals surface area contributed by atoms with Crippen molar-refractivity contribution in [2.45, 2.75) is 78.0 Å². The second kappa shape index (κ2) is 10.2. The third-order valence-corrected chi connectivity index (χ3v) is 9.03. The van der Waals surface area contributed by atoms with E-state index in [4.69, 9.17) is 14.0 Å². The van der Waals surface area contributed by atoms with Gasteiger partial charge in [0.2, 0.25) is 5.28 Å². The second-order valence-electron chi connectivity index (χ2n) is 8.24. The normalized spacial score (nSPS) is 22.2. The van der Waals surface area contributed by atoms with Crippen LogP contribution < -0.4 is 0 Å². The van der Waals surface area contributed by atoms with Gasteiger partial charge in [-0.15, -0.1) is 0 Å². The fourth-order valence-electron chi connectivity index (χ4n) is 4.35. The van der Waals surface area contributed by atoms with Crippen LogP contribution in [0.5, 0.6) is 0 Å². The number of hydrogen-bond donors (Lipinski definition) is 0. The third kappa shape index (κ3) is 4.47. The SMILES string of the molecule is CCCCC(CC)CN1C=NC(c2ccccc2)(P(=O)(OCC)OCC)C1(C)C. The lowest BCUT2D eigenvalue weighted by Gasteiger charge is -2.47. The Morgan fingerprint density at radius 3 is 2.21 bits per heavy atom. The van der Waals surface area contributed by atoms with Crippen molar-refractivity contribution in [1.82, 2.24) is 4.90 Å². The molecule has 0 bridgehead atoms. The van der Waals surface area contributed by atoms with Gasteiger partial charge in [0.25, 0.3) is 0 Å². The van der Waals surface area contributed by atoms with Gasteiger partial charge >= 0.3 is 7.60 Å². The Morgan fingerprint density at radius 1 is 1.07 bits per heavy atom. The first-order valence-corrected chi connectivity index (χ1v) is 12.6. The highest BCUT2D eigenvalue weighted by Crippen LogP contribution is 2.71. The molecule has 0 amide bonds. The van der Waals surface area contributed by atoms with E-state index in [1.54, 1.807) is 0 Å². The van der Waals surface area contributed by atoms with Crippen molar-refractivity contribution >= 4 is 13.9 Å². The number of benzene rings is 1. The molecule has 0 aromatic heterocycles. The predicted molar refractivity (Wildman–Crippen MR) is 122 cm³/mol. The fraction of sp³-hybridized carbons (Fsp3) is 0.696. The van der Waals surface area contributed by atoms with Crippen LogP contribution in [0.2, 0.25) is 0 Å². The summed E-state index contributed by atoms with van der Waals surface area (Å²) in [5.41, 5.74) is 0.309. The van der Waals surface area contributed by atoms with Gasteiger partial charge in [0, 0.05) is 6.54 Å². The molecule has 2 atom stereocenters. The lowest BCUT2D eigenvalue weighted by atomic mass is 9.86. The summed E-state index contributed by atoms with van der Waals surface area (Å²) < 4.78 is 26.0. The van der Waals surface area contributed by atoms with E-state index in [1.165, 1.54) is 19.3 Å². The average Bonchev–Trinajstić information content (AvgIpc) is 2.97. The smallest absolute Gasteiger partial charge is 0.354 e. The molecule has 1 aromatic rings. The monoisotopic (exact) mass is 422 g/mol. The second-order valence-corrected chi connectivity index (χ2v) is 10.4. The Balaban J connectivity index is 2.53. The lowest BCUT2D eigenvalue weighted by molar-refractivity contribution is 0.119. The molecule has 0 aliphatic carbocycles. The molecule has 29 heavy (non-hydrogen) atoms. The van der Waals surface area contributed by atoms with Crippen LogP contribution in [0.1, 0.15) is 72.8 Å². The quantitative estimate of drug-likeness (QED) is 0.364. The maximum absolute atomic E-state index is 14.2. The van der Waals surface area contributed by atoms with Crippen LogP contribution in [-0.4, -0.2) is 36.5 Å². The molecule has 1 aliphatic heterocycles. The number of unbranched alkanes of at least 4 members (excludes halogenated alkanes) is 1. The molecule has 1 aromatic carbocycles. The Hall–Kier alpha value is -1.16. The predicted octanol–water partition coefficient (Wildman–Crippen LogP) is 6.44. The summed E-state index contributed by atoms with van der Waals surface area (Å²) in [7, 11) is -3.59. The molecule has 0 saturated heterocycles. The van der Waals surface area contributed by atoms with Crippen LogP contribution >= 0.6 is 7.60 Å². The van der Waals surface area contributed by atoms with E-state index in [0.29, 0.717) is 19.1 Å². The highest BCUT2D eigenvalue weighted by Gasteiger charge is 2.66. The standard InChI is InChI=1S/C23H39N2O3P/c1-7-11-15-20(8-2)18-25-19-24-23(22(25,5)6,21-16-13-12-14-17-21)29(26,27-9-3)28-10-4/h12-14,16-17,19-20H,7-11,15,18H2,1-6H3. The van der Waals surface area contributed by atoms with Gasteiger partial charge in [-0.25, -0.2) is 4.99 Å². The van der Waals surface area contributed by atoms with Gasteiger partial charge in [0.05, 0.1) is 25.1 Å². The van der Waals surface area contributed by atoms with Gasteiger partial charge in [0.15, 0.2) is 0 Å². The summed E-state index contributed by atoms with van der Waals surface area (Å²) >= 11 is 0. The van der Waals surface area contributed by atoms with Crippen molar-refractivity contribution in [3.05, 3.63) is 35.9 Å². The molecule has 2 rings (SSSR count). The first kappa shape index (κ1) is 24.1. The summed E-state index contributed by atoms with van der Waals surface area (Å²) in [4.78, 5) is 7.19. The van der Waals surface area contributed by atoms with Crippen LogP contribution in [0.25, 0.3) is 0 Å². The zero-order chi connectivity index (χ0) is 21.5. The first-order chi connectivity index (χ1) is 13.8. The van der Waals surface area contributed by atoms with E-state index in [-0.39, 0.29) is 0 Å². The molecule has 1 heterocycles. The maximum Gasteiger partial charge on any atom is 0.364 e. The summed E-state index contributed by atoms with van der Waals surface area (Å²) in [6.07, 6.45) is 6.62. The molecular formula is C23H39N2O3P. The highest BCUT2D eigenvalue weighted by atomic mass is 31.2. The molecule has 0 radical (unpaired) electrons. The van der Waals surface area contributed by atoms with E-state index in [1.807, 2.05) is 50.5 Å². The van der Waals surface area contributed by atoms with Crippen LogP contribution in [0.3, 0.4) is 0 Å². The number of hydrogen-bond acceptors (Lipinski definition) is 5. The van der Waals surface area contributed by atoms with Gasteiger partial charge in [-0.2, -0.15) is 0 Å². The minimum atomic E-state index is -3.59. The summed E-state index contributed by atoms with van der Waals surface area (Å²) in [5, 5.41) is -1.10. The molecule has 2 unspecified atom stereocenters. The topological polar surface area (TPSA) is 51.1 Å². The van der Waals surface area contributed by atoms with Crippen LogP contribution in [0.15, 0.2) is 35.3 Å². The number of aliphatic imine (C=N–C) groups is 1. The zero-order valence-corrected chi connectivity index (χ0v) is 20.0. The first-order valence-electron chi connectivity index (χ1n) is 11.1. The largest absolute Gasteiger partial charge is 0.364 e. The molecule has 0 fully saturated rings. The average molecular weight is 423 g/mol. The van der Waals surface area contributed by atoms with E-state index in [2.05, 4.69) is 32.6 Å². The molecule has 5 nitrogen and oxygen atoms in total. The van der Waals surface area contributed by atoms with E-state index in [0.717, 1.165) is 18.5 Å². The van der Waals surface area contributed by atoms with Gasteiger partial charge < -0.3 is 13.9 Å². The summed E-state index contributed by atoms with van der Waals surface area (Å²) in [6, 6.07) is 9.86. The van der Waals surface area contributed by atoms with Crippen LogP contribution in [0.4, 0.5) is 0 Å². The minimum Gasteiger partial charge on any atom is -0.354 e.